The van der Waals surface area contributed by atoms with Gasteiger partial charge in [-0.05, 0) is 30.2 Å². The van der Waals surface area contributed by atoms with Gasteiger partial charge in [-0.1, -0.05) is 30.0 Å². The predicted octanol–water partition coefficient (Wildman–Crippen LogP) is 2.57. The number of hydrogen-bond acceptors (Lipinski definition) is 9. The fourth-order valence-corrected chi connectivity index (χ4v) is 4.35. The van der Waals surface area contributed by atoms with E-state index in [2.05, 4.69) is 0 Å². The van der Waals surface area contributed by atoms with Crippen LogP contribution in [-0.2, 0) is 23.8 Å². The number of thiocarbonyl (C=S) groups is 1. The molecule has 1 saturated heterocycles. The molecule has 2 heterocycles. The first-order chi connectivity index (χ1) is 16.0. The molecule has 11 heteroatoms. The standard InChI is InChI=1S/C22H27NO8S2/c24-20(25)2-1-5-23-21(26)19(33-22(23)32)15-16-3-4-17-18(14-16)31-13-11-29-9-7-27-6-8-28-10-12-30-17/h3-4,14-15H,1-2,5-13H2,(H,24,25). The zero-order chi connectivity index (χ0) is 23.5. The Hall–Kier alpha value is -2.18. The summed E-state index contributed by atoms with van der Waals surface area (Å²) in [6.07, 6.45) is 2.07. The molecule has 0 aliphatic carbocycles. The smallest absolute Gasteiger partial charge is 0.303 e. The summed E-state index contributed by atoms with van der Waals surface area (Å²) >= 11 is 6.50. The Labute approximate surface area is 201 Å². The molecule has 1 N–H and O–H groups in total. The molecular formula is C22H27NO8S2. The van der Waals surface area contributed by atoms with E-state index in [1.165, 1.54) is 16.7 Å². The summed E-state index contributed by atoms with van der Waals surface area (Å²) in [7, 11) is 0. The van der Waals surface area contributed by atoms with Crippen molar-refractivity contribution in [3.05, 3.63) is 28.7 Å². The number of carboxylic acids is 1. The van der Waals surface area contributed by atoms with E-state index in [1.807, 2.05) is 6.07 Å². The van der Waals surface area contributed by atoms with Gasteiger partial charge >= 0.3 is 5.97 Å². The van der Waals surface area contributed by atoms with Crippen LogP contribution in [0.15, 0.2) is 23.1 Å². The molecule has 0 unspecified atom stereocenters. The molecular weight excluding hydrogens is 470 g/mol. The average Bonchev–Trinajstić information content (AvgIpc) is 3.04. The number of hydrogen-bond donors (Lipinski definition) is 1. The highest BCUT2D eigenvalue weighted by Crippen LogP contribution is 2.35. The van der Waals surface area contributed by atoms with Gasteiger partial charge in [-0.15, -0.1) is 0 Å². The molecule has 0 radical (unpaired) electrons. The number of carboxylic acid groups (broad SMARTS) is 1. The second-order valence-electron chi connectivity index (χ2n) is 7.07. The van der Waals surface area contributed by atoms with Gasteiger partial charge in [0.15, 0.2) is 11.5 Å². The minimum absolute atomic E-state index is 0.0138. The van der Waals surface area contributed by atoms with Gasteiger partial charge in [-0.2, -0.15) is 0 Å². The fraction of sp³-hybridized carbons (Fsp3) is 0.500. The second kappa shape index (κ2) is 13.5. The molecule has 180 valence electrons. The van der Waals surface area contributed by atoms with Crippen molar-refractivity contribution in [1.82, 2.24) is 4.90 Å². The van der Waals surface area contributed by atoms with Gasteiger partial charge in [0.25, 0.3) is 5.91 Å². The molecule has 33 heavy (non-hydrogen) atoms. The molecule has 1 fully saturated rings. The Kier molecular flexibility index (Phi) is 10.4. The fourth-order valence-electron chi connectivity index (χ4n) is 3.04. The van der Waals surface area contributed by atoms with Crippen molar-refractivity contribution in [3.63, 3.8) is 0 Å². The van der Waals surface area contributed by atoms with Crippen LogP contribution in [0.5, 0.6) is 11.5 Å². The summed E-state index contributed by atoms with van der Waals surface area (Å²) < 4.78 is 28.5. The van der Waals surface area contributed by atoms with Crippen LogP contribution < -0.4 is 9.47 Å². The SMILES string of the molecule is O=C(O)CCCN1C(=O)C(=Cc2ccc3c(c2)OCCOCCOCCOCCO3)SC1=S. The normalized spacial score (nSPS) is 19.9. The van der Waals surface area contributed by atoms with Crippen LogP contribution in [-0.4, -0.2) is 85.6 Å². The lowest BCUT2D eigenvalue weighted by Gasteiger charge is -2.14. The van der Waals surface area contributed by atoms with E-state index in [0.29, 0.717) is 80.0 Å². The van der Waals surface area contributed by atoms with E-state index in [9.17, 15) is 9.59 Å². The van der Waals surface area contributed by atoms with E-state index in [0.717, 1.165) is 5.56 Å². The maximum absolute atomic E-state index is 12.7. The van der Waals surface area contributed by atoms with Gasteiger partial charge in [-0.3, -0.25) is 14.5 Å². The summed E-state index contributed by atoms with van der Waals surface area (Å²) in [6.45, 7) is 3.76. The van der Waals surface area contributed by atoms with Crippen LogP contribution in [0.3, 0.4) is 0 Å². The summed E-state index contributed by atoms with van der Waals surface area (Å²) in [6, 6.07) is 5.42. The monoisotopic (exact) mass is 497 g/mol. The Balaban J connectivity index is 1.69. The maximum Gasteiger partial charge on any atom is 0.303 e. The molecule has 9 nitrogen and oxygen atoms in total. The lowest BCUT2D eigenvalue weighted by molar-refractivity contribution is -0.137. The lowest BCUT2D eigenvalue weighted by Crippen LogP contribution is -2.29. The minimum Gasteiger partial charge on any atom is -0.487 e. The third-order valence-electron chi connectivity index (χ3n) is 4.63. The topological polar surface area (TPSA) is 104 Å². The van der Waals surface area contributed by atoms with Gasteiger partial charge in [0.1, 0.15) is 17.5 Å². The molecule has 3 rings (SSSR count). The number of rotatable bonds is 5. The summed E-state index contributed by atoms with van der Waals surface area (Å²) in [5, 5.41) is 8.81. The number of carbonyl (C=O) groups is 2. The third kappa shape index (κ3) is 8.27. The maximum atomic E-state index is 12.7. The Bertz CT molecular complexity index is 876. The van der Waals surface area contributed by atoms with Gasteiger partial charge in [0, 0.05) is 13.0 Å². The highest BCUT2D eigenvalue weighted by Gasteiger charge is 2.31. The Morgan fingerprint density at radius 2 is 1.61 bits per heavy atom. The van der Waals surface area contributed by atoms with Crippen molar-refractivity contribution in [1.29, 1.82) is 0 Å². The van der Waals surface area contributed by atoms with Crippen molar-refractivity contribution in [2.24, 2.45) is 0 Å². The third-order valence-corrected chi connectivity index (χ3v) is 6.00. The van der Waals surface area contributed by atoms with Crippen molar-refractivity contribution in [3.8, 4) is 11.5 Å². The van der Waals surface area contributed by atoms with Gasteiger partial charge in [0.05, 0.1) is 44.5 Å². The summed E-state index contributed by atoms with van der Waals surface area (Å²) in [5.74, 6) is -0.0150. The minimum atomic E-state index is -0.899. The largest absolute Gasteiger partial charge is 0.487 e. The zero-order valence-electron chi connectivity index (χ0n) is 18.2. The van der Waals surface area contributed by atoms with Crippen molar-refractivity contribution >= 4 is 46.3 Å². The van der Waals surface area contributed by atoms with Crippen LogP contribution in [0.2, 0.25) is 0 Å². The molecule has 1 aromatic rings. The van der Waals surface area contributed by atoms with Crippen LogP contribution in [0, 0.1) is 0 Å². The molecule has 1 amide bonds. The molecule has 0 bridgehead atoms. The first-order valence-electron chi connectivity index (χ1n) is 10.6. The van der Waals surface area contributed by atoms with E-state index in [1.54, 1.807) is 18.2 Å². The number of benzene rings is 1. The van der Waals surface area contributed by atoms with Crippen molar-refractivity contribution in [2.45, 2.75) is 12.8 Å². The average molecular weight is 498 g/mol. The lowest BCUT2D eigenvalue weighted by atomic mass is 10.2. The number of thioether (sulfide) groups is 1. The summed E-state index contributed by atoms with van der Waals surface area (Å²) in [4.78, 5) is 25.4. The summed E-state index contributed by atoms with van der Waals surface area (Å²) in [5.41, 5.74) is 0.756. The Morgan fingerprint density at radius 1 is 1.00 bits per heavy atom. The highest BCUT2D eigenvalue weighted by atomic mass is 32.2. The van der Waals surface area contributed by atoms with Crippen LogP contribution in [0.1, 0.15) is 18.4 Å². The van der Waals surface area contributed by atoms with Crippen molar-refractivity contribution in [2.75, 3.05) is 59.4 Å². The number of aliphatic carboxylic acids is 1. The van der Waals surface area contributed by atoms with E-state index < -0.39 is 5.97 Å². The zero-order valence-corrected chi connectivity index (χ0v) is 19.8. The van der Waals surface area contributed by atoms with E-state index in [-0.39, 0.29) is 18.9 Å². The predicted molar refractivity (Wildman–Crippen MR) is 127 cm³/mol. The second-order valence-corrected chi connectivity index (χ2v) is 8.75. The molecule has 0 atom stereocenters. The molecule has 0 spiro atoms. The number of nitrogens with zero attached hydrogens (tertiary/aromatic N) is 1. The molecule has 1 aromatic carbocycles. The molecule has 2 aliphatic rings. The quantitative estimate of drug-likeness (QED) is 0.482. The molecule has 0 aromatic heterocycles. The van der Waals surface area contributed by atoms with Crippen molar-refractivity contribution < 1.29 is 38.4 Å². The number of ether oxygens (including phenoxy) is 5. The van der Waals surface area contributed by atoms with E-state index in [4.69, 9.17) is 41.0 Å². The Morgan fingerprint density at radius 3 is 2.24 bits per heavy atom. The van der Waals surface area contributed by atoms with E-state index >= 15 is 0 Å². The number of fused-ring (bicyclic) bond motifs is 1. The first kappa shape index (κ1) is 25.4. The highest BCUT2D eigenvalue weighted by molar-refractivity contribution is 8.26. The van der Waals surface area contributed by atoms with Gasteiger partial charge < -0.3 is 28.8 Å². The van der Waals surface area contributed by atoms with Crippen LogP contribution >= 0.6 is 24.0 Å². The van der Waals surface area contributed by atoms with Crippen LogP contribution in [0.25, 0.3) is 6.08 Å². The molecule has 0 saturated carbocycles. The number of amides is 1. The van der Waals surface area contributed by atoms with Gasteiger partial charge in [0.2, 0.25) is 0 Å². The van der Waals surface area contributed by atoms with Crippen LogP contribution in [0.4, 0.5) is 0 Å². The number of carbonyl (C=O) groups excluding carboxylic acids is 1. The van der Waals surface area contributed by atoms with Gasteiger partial charge in [-0.25, -0.2) is 0 Å². The first-order valence-corrected chi connectivity index (χ1v) is 11.9. The molecule has 2 aliphatic heterocycles.